The average molecular weight is 539 g/mol. The zero-order valence-corrected chi connectivity index (χ0v) is 19.6. The van der Waals surface area contributed by atoms with Gasteiger partial charge < -0.3 is 16.4 Å². The van der Waals surface area contributed by atoms with E-state index in [1.54, 1.807) is 30.5 Å². The van der Waals surface area contributed by atoms with E-state index in [0.29, 0.717) is 42.4 Å². The van der Waals surface area contributed by atoms with Crippen molar-refractivity contribution in [2.24, 2.45) is 4.99 Å². The van der Waals surface area contributed by atoms with Crippen molar-refractivity contribution in [3.8, 4) is 11.8 Å². The minimum atomic E-state index is -0.340. The molecule has 7 nitrogen and oxygen atoms in total. The van der Waals surface area contributed by atoms with Crippen molar-refractivity contribution < 1.29 is 4.39 Å². The lowest BCUT2D eigenvalue weighted by Gasteiger charge is -2.10. The molecule has 2 aromatic heterocycles. The fourth-order valence-corrected chi connectivity index (χ4v) is 3.49. The van der Waals surface area contributed by atoms with Gasteiger partial charge in [0.1, 0.15) is 23.3 Å². The Morgan fingerprint density at radius 2 is 2.07 bits per heavy atom. The standard InChI is InChI=1S/C20H22FN7S.HI/c1-24-20(26-12-14-8-10-29-13-14)25-9-2-3-18-17(11-22)19(23)28(27-18)16-6-4-15(21)5-7-16;/h4-8,10,13H,2-3,9,12,23H2,1H3,(H2,24,25,26);1H. The first kappa shape index (κ1) is 23.6. The number of nitriles is 1. The number of hydrogen-bond acceptors (Lipinski definition) is 5. The number of guanidine groups is 1. The van der Waals surface area contributed by atoms with Crippen LogP contribution in [0.2, 0.25) is 0 Å². The minimum Gasteiger partial charge on any atom is -0.382 e. The molecule has 30 heavy (non-hydrogen) atoms. The lowest BCUT2D eigenvalue weighted by molar-refractivity contribution is 0.627. The van der Waals surface area contributed by atoms with E-state index in [9.17, 15) is 9.65 Å². The van der Waals surface area contributed by atoms with E-state index >= 15 is 0 Å². The van der Waals surface area contributed by atoms with Crippen LogP contribution in [0.4, 0.5) is 10.2 Å². The molecule has 10 heteroatoms. The number of rotatable bonds is 7. The molecule has 0 aliphatic heterocycles. The van der Waals surface area contributed by atoms with Crippen LogP contribution in [-0.2, 0) is 13.0 Å². The third-order valence-electron chi connectivity index (χ3n) is 4.32. The molecule has 3 rings (SSSR count). The van der Waals surface area contributed by atoms with Gasteiger partial charge in [0.25, 0.3) is 0 Å². The Hall–Kier alpha value is -2.65. The van der Waals surface area contributed by atoms with Crippen molar-refractivity contribution in [2.45, 2.75) is 19.4 Å². The molecule has 0 unspecified atom stereocenters. The van der Waals surface area contributed by atoms with E-state index in [-0.39, 0.29) is 35.6 Å². The fraction of sp³-hybridized carbons (Fsp3) is 0.250. The van der Waals surface area contributed by atoms with E-state index in [2.05, 4.69) is 38.2 Å². The summed E-state index contributed by atoms with van der Waals surface area (Å²) < 4.78 is 14.6. The third kappa shape index (κ3) is 5.93. The Bertz CT molecular complexity index is 1010. The molecule has 0 atom stereocenters. The van der Waals surface area contributed by atoms with Gasteiger partial charge in [0.2, 0.25) is 0 Å². The molecule has 0 amide bonds. The van der Waals surface area contributed by atoms with Crippen molar-refractivity contribution in [1.82, 2.24) is 20.4 Å². The number of nitrogen functional groups attached to an aromatic ring is 1. The van der Waals surface area contributed by atoms with Gasteiger partial charge in [0.05, 0.1) is 11.4 Å². The number of hydrogen-bond donors (Lipinski definition) is 3. The number of aliphatic imine (C=N–C) groups is 1. The molecule has 0 saturated heterocycles. The lowest BCUT2D eigenvalue weighted by atomic mass is 10.1. The van der Waals surface area contributed by atoms with Crippen molar-refractivity contribution in [3.05, 3.63) is 63.7 Å². The maximum absolute atomic E-state index is 13.2. The van der Waals surface area contributed by atoms with Crippen LogP contribution in [0.25, 0.3) is 5.69 Å². The number of benzene rings is 1. The highest BCUT2D eigenvalue weighted by Crippen LogP contribution is 2.21. The highest BCUT2D eigenvalue weighted by atomic mass is 127. The van der Waals surface area contributed by atoms with Crippen molar-refractivity contribution in [1.29, 1.82) is 5.26 Å². The first-order valence-electron chi connectivity index (χ1n) is 9.11. The summed E-state index contributed by atoms with van der Waals surface area (Å²) in [5, 5.41) is 24.6. The van der Waals surface area contributed by atoms with Crippen LogP contribution >= 0.6 is 35.3 Å². The van der Waals surface area contributed by atoms with Gasteiger partial charge in [-0.3, -0.25) is 4.99 Å². The molecule has 3 aromatic rings. The summed E-state index contributed by atoms with van der Waals surface area (Å²) in [6, 6.07) is 10.0. The summed E-state index contributed by atoms with van der Waals surface area (Å²) in [6.45, 7) is 1.37. The number of aromatic nitrogens is 2. The van der Waals surface area contributed by atoms with E-state index in [0.717, 1.165) is 6.42 Å². The number of nitrogens with two attached hydrogens (primary N) is 1. The summed E-state index contributed by atoms with van der Waals surface area (Å²) in [4.78, 5) is 4.21. The average Bonchev–Trinajstić information content (AvgIpc) is 3.36. The summed E-state index contributed by atoms with van der Waals surface area (Å²) in [5.74, 6) is 0.635. The first-order valence-corrected chi connectivity index (χ1v) is 10.1. The predicted octanol–water partition coefficient (Wildman–Crippen LogP) is 3.44. The van der Waals surface area contributed by atoms with E-state index in [1.807, 2.05) is 5.38 Å². The maximum Gasteiger partial charge on any atom is 0.191 e. The Labute approximate surface area is 195 Å². The highest BCUT2D eigenvalue weighted by molar-refractivity contribution is 14.0. The number of aryl methyl sites for hydroxylation is 1. The van der Waals surface area contributed by atoms with Crippen LogP contribution in [0.1, 0.15) is 23.2 Å². The van der Waals surface area contributed by atoms with Gasteiger partial charge >= 0.3 is 0 Å². The first-order chi connectivity index (χ1) is 14.1. The number of nitrogens with zero attached hydrogens (tertiary/aromatic N) is 4. The normalized spacial score (nSPS) is 10.9. The Balaban J connectivity index is 0.00000320. The summed E-state index contributed by atoms with van der Waals surface area (Å²) >= 11 is 1.66. The van der Waals surface area contributed by atoms with Gasteiger partial charge in [-0.2, -0.15) is 21.7 Å². The highest BCUT2D eigenvalue weighted by Gasteiger charge is 2.16. The fourth-order valence-electron chi connectivity index (χ4n) is 2.82. The Morgan fingerprint density at radius 3 is 2.70 bits per heavy atom. The zero-order chi connectivity index (χ0) is 20.6. The molecule has 2 heterocycles. The molecule has 0 bridgehead atoms. The van der Waals surface area contributed by atoms with E-state index < -0.39 is 0 Å². The predicted molar refractivity (Wildman–Crippen MR) is 129 cm³/mol. The molecule has 0 aliphatic carbocycles. The van der Waals surface area contributed by atoms with Gasteiger partial charge in [-0.1, -0.05) is 0 Å². The molecular formula is C20H23FIN7S. The zero-order valence-electron chi connectivity index (χ0n) is 16.4. The van der Waals surface area contributed by atoms with Crippen molar-refractivity contribution in [3.63, 3.8) is 0 Å². The van der Waals surface area contributed by atoms with Crippen LogP contribution < -0.4 is 16.4 Å². The topological polar surface area (TPSA) is 104 Å². The van der Waals surface area contributed by atoms with Gasteiger partial charge in [0.15, 0.2) is 5.96 Å². The summed E-state index contributed by atoms with van der Waals surface area (Å²) in [5.41, 5.74) is 8.88. The maximum atomic E-state index is 13.2. The van der Waals surface area contributed by atoms with Crippen LogP contribution in [-0.4, -0.2) is 29.3 Å². The summed E-state index contributed by atoms with van der Waals surface area (Å²) in [6.07, 6.45) is 1.32. The molecule has 0 spiro atoms. The van der Waals surface area contributed by atoms with Crippen LogP contribution in [0.5, 0.6) is 0 Å². The second-order valence-electron chi connectivity index (χ2n) is 6.29. The van der Waals surface area contributed by atoms with Gasteiger partial charge in [-0.05, 0) is 59.5 Å². The van der Waals surface area contributed by atoms with Crippen LogP contribution in [0, 0.1) is 17.1 Å². The minimum absolute atomic E-state index is 0. The number of halogens is 2. The molecule has 158 valence electrons. The number of thiophene rings is 1. The van der Waals surface area contributed by atoms with E-state index in [4.69, 9.17) is 5.73 Å². The summed E-state index contributed by atoms with van der Waals surface area (Å²) in [7, 11) is 1.72. The lowest BCUT2D eigenvalue weighted by Crippen LogP contribution is -2.37. The van der Waals surface area contributed by atoms with Gasteiger partial charge in [-0.15, -0.1) is 24.0 Å². The molecule has 0 aliphatic rings. The quantitative estimate of drug-likeness (QED) is 0.185. The molecular weight excluding hydrogens is 516 g/mol. The Morgan fingerprint density at radius 1 is 1.30 bits per heavy atom. The second-order valence-corrected chi connectivity index (χ2v) is 7.07. The smallest absolute Gasteiger partial charge is 0.191 e. The number of anilines is 1. The van der Waals surface area contributed by atoms with Crippen LogP contribution in [0.3, 0.4) is 0 Å². The van der Waals surface area contributed by atoms with Gasteiger partial charge in [-0.25, -0.2) is 9.07 Å². The molecule has 4 N–H and O–H groups in total. The molecule has 0 radical (unpaired) electrons. The largest absolute Gasteiger partial charge is 0.382 e. The Kier molecular flexibility index (Phi) is 9.07. The van der Waals surface area contributed by atoms with Crippen molar-refractivity contribution >= 4 is 47.1 Å². The second kappa shape index (κ2) is 11.5. The molecule has 1 aromatic carbocycles. The molecule has 0 saturated carbocycles. The molecule has 0 fully saturated rings. The van der Waals surface area contributed by atoms with Crippen LogP contribution in [0.15, 0.2) is 46.1 Å². The third-order valence-corrected chi connectivity index (χ3v) is 5.06. The SMILES string of the molecule is CN=C(NCCCc1nn(-c2ccc(F)cc2)c(N)c1C#N)NCc1ccsc1.I. The monoisotopic (exact) mass is 539 g/mol. The van der Waals surface area contributed by atoms with E-state index in [1.165, 1.54) is 22.4 Å². The van der Waals surface area contributed by atoms with Gasteiger partial charge in [0, 0.05) is 20.1 Å². The van der Waals surface area contributed by atoms with Crippen molar-refractivity contribution in [2.75, 3.05) is 19.3 Å². The number of nitrogens with one attached hydrogen (secondary N) is 2.